The van der Waals surface area contributed by atoms with Gasteiger partial charge in [-0.1, -0.05) is 36.4 Å². The van der Waals surface area contributed by atoms with E-state index in [4.69, 9.17) is 32.8 Å². The normalized spacial score (nSPS) is 11.3. The molecule has 142 valence electrons. The summed E-state index contributed by atoms with van der Waals surface area (Å²) in [7, 11) is 0. The largest absolute Gasteiger partial charge is 0.447 e. The number of nitrogens with zero attached hydrogens (tertiary/aromatic N) is 2. The van der Waals surface area contributed by atoms with E-state index in [1.54, 1.807) is 42.5 Å². The van der Waals surface area contributed by atoms with Crippen molar-refractivity contribution in [1.82, 2.24) is 15.0 Å². The number of H-pyrrole nitrogens is 1. The molecule has 8 nitrogen and oxygen atoms in total. The van der Waals surface area contributed by atoms with Crippen molar-refractivity contribution in [1.29, 1.82) is 0 Å². The highest BCUT2D eigenvalue weighted by Crippen LogP contribution is 2.39. The van der Waals surface area contributed by atoms with E-state index in [-0.39, 0.29) is 33.2 Å². The zero-order chi connectivity index (χ0) is 20.1. The molecule has 1 aromatic heterocycles. The number of nitrogens with one attached hydrogen (secondary N) is 1. The number of benzene rings is 3. The highest BCUT2D eigenvalue weighted by molar-refractivity contribution is 7.71. The van der Waals surface area contributed by atoms with Crippen molar-refractivity contribution in [2.45, 2.75) is 0 Å². The molecule has 0 radical (unpaired) electrons. The first-order valence-electron chi connectivity index (χ1n) is 8.60. The highest BCUT2D eigenvalue weighted by atomic mass is 32.1. The third kappa shape index (κ3) is 2.67. The van der Waals surface area contributed by atoms with Gasteiger partial charge < -0.3 is 25.6 Å². The standard InChI is InChI=1S/C20H13N5O3S/c21-11-7-3-4-8-12(11)27-17-15(26)10-6-2-1-5-9(10)13-16(17)28-19-14(23-13)18(22)24-20(29)25-19/h1-8H,21H2,(H3,22,24,25,29). The Balaban J connectivity index is 1.93. The fourth-order valence-electron chi connectivity index (χ4n) is 3.18. The molecule has 0 saturated carbocycles. The van der Waals surface area contributed by atoms with Crippen LogP contribution >= 0.6 is 12.2 Å². The lowest BCUT2D eigenvalue weighted by Gasteiger charge is -2.15. The van der Waals surface area contributed by atoms with Gasteiger partial charge in [0.05, 0.1) is 5.69 Å². The second-order valence-corrected chi connectivity index (χ2v) is 6.73. The average molecular weight is 403 g/mol. The summed E-state index contributed by atoms with van der Waals surface area (Å²) in [5.41, 5.74) is 12.8. The number of rotatable bonds is 2. The smallest absolute Gasteiger partial charge is 0.252 e. The first-order chi connectivity index (χ1) is 14.0. The van der Waals surface area contributed by atoms with Crippen LogP contribution in [0.3, 0.4) is 0 Å². The van der Waals surface area contributed by atoms with Crippen LogP contribution in [0, 0.1) is 4.77 Å². The van der Waals surface area contributed by atoms with E-state index in [1.807, 2.05) is 6.07 Å². The molecule has 2 aliphatic rings. The molecular formula is C20H13N5O3S. The Hall–Kier alpha value is -3.98. The Labute approximate surface area is 168 Å². The lowest BCUT2D eigenvalue weighted by molar-refractivity contribution is 0.459. The van der Waals surface area contributed by atoms with Crippen LogP contribution in [-0.2, 0) is 0 Å². The maximum Gasteiger partial charge on any atom is 0.252 e. The molecule has 0 saturated heterocycles. The lowest BCUT2D eigenvalue weighted by Crippen LogP contribution is -2.11. The van der Waals surface area contributed by atoms with Crippen LogP contribution in [0.2, 0.25) is 0 Å². The SMILES string of the molecule is Nc1ccccc1Oc1c2oc3nc(=S)[nH]c(N)c3nc-2c2ccccc2c1=O. The van der Waals surface area contributed by atoms with Gasteiger partial charge in [0.25, 0.3) is 5.71 Å². The van der Waals surface area contributed by atoms with Crippen LogP contribution in [0.1, 0.15) is 0 Å². The minimum absolute atomic E-state index is 0.0369. The van der Waals surface area contributed by atoms with Gasteiger partial charge in [0.1, 0.15) is 11.5 Å². The molecular weight excluding hydrogens is 390 g/mol. The summed E-state index contributed by atoms with van der Waals surface area (Å²) in [6, 6.07) is 13.9. The van der Waals surface area contributed by atoms with E-state index < -0.39 is 0 Å². The van der Waals surface area contributed by atoms with Gasteiger partial charge in [-0.3, -0.25) is 4.79 Å². The molecule has 0 amide bonds. The Morgan fingerprint density at radius 3 is 2.52 bits per heavy atom. The van der Waals surface area contributed by atoms with Crippen LogP contribution < -0.4 is 21.6 Å². The maximum absolute atomic E-state index is 13.2. The van der Waals surface area contributed by atoms with Gasteiger partial charge in [0.15, 0.2) is 11.3 Å². The molecule has 5 N–H and O–H groups in total. The minimum atomic E-state index is -0.352. The summed E-state index contributed by atoms with van der Waals surface area (Å²) >= 11 is 5.06. The number of ether oxygens (including phenoxy) is 1. The molecule has 0 fully saturated rings. The molecule has 1 aliphatic carbocycles. The number of para-hydroxylation sites is 2. The quantitative estimate of drug-likeness (QED) is 0.175. The number of hydrogen-bond acceptors (Lipinski definition) is 8. The van der Waals surface area contributed by atoms with Crippen LogP contribution in [0.4, 0.5) is 11.5 Å². The zero-order valence-corrected chi connectivity index (χ0v) is 15.6. The van der Waals surface area contributed by atoms with Crippen molar-refractivity contribution >= 4 is 45.7 Å². The molecule has 1 aliphatic heterocycles. The summed E-state index contributed by atoms with van der Waals surface area (Å²) in [6.45, 7) is 0. The Morgan fingerprint density at radius 1 is 1.00 bits per heavy atom. The van der Waals surface area contributed by atoms with E-state index in [1.165, 1.54) is 0 Å². The second-order valence-electron chi connectivity index (χ2n) is 6.34. The molecule has 2 heterocycles. The molecule has 0 bridgehead atoms. The highest BCUT2D eigenvalue weighted by Gasteiger charge is 2.25. The maximum atomic E-state index is 13.2. The number of aromatic amines is 1. The van der Waals surface area contributed by atoms with E-state index in [2.05, 4.69) is 15.0 Å². The molecule has 0 unspecified atom stereocenters. The Kier molecular flexibility index (Phi) is 3.71. The summed E-state index contributed by atoms with van der Waals surface area (Å²) < 4.78 is 12.0. The van der Waals surface area contributed by atoms with Crippen molar-refractivity contribution < 1.29 is 9.15 Å². The van der Waals surface area contributed by atoms with Crippen molar-refractivity contribution in [2.75, 3.05) is 11.5 Å². The molecule has 2 aromatic carbocycles. The van der Waals surface area contributed by atoms with E-state index >= 15 is 0 Å². The zero-order valence-electron chi connectivity index (χ0n) is 14.8. The summed E-state index contributed by atoms with van der Waals surface area (Å²) in [4.78, 5) is 24.7. The van der Waals surface area contributed by atoms with Gasteiger partial charge in [0, 0.05) is 10.8 Å². The number of hydrogen-bond donors (Lipinski definition) is 3. The fraction of sp³-hybridized carbons (Fsp3) is 0. The van der Waals surface area contributed by atoms with Gasteiger partial charge >= 0.3 is 0 Å². The van der Waals surface area contributed by atoms with E-state index in [9.17, 15) is 4.79 Å². The number of nitrogen functional groups attached to an aromatic ring is 2. The first kappa shape index (κ1) is 17.1. The summed E-state index contributed by atoms with van der Waals surface area (Å²) in [5, 5.41) is 1.04. The first-order valence-corrected chi connectivity index (χ1v) is 9.01. The monoisotopic (exact) mass is 403 g/mol. The number of nitrogens with two attached hydrogens (primary N) is 2. The third-order valence-electron chi connectivity index (χ3n) is 4.51. The average Bonchev–Trinajstić information content (AvgIpc) is 2.71. The van der Waals surface area contributed by atoms with Crippen molar-refractivity contribution in [3.63, 3.8) is 0 Å². The molecule has 0 spiro atoms. The molecule has 5 rings (SSSR count). The van der Waals surface area contributed by atoms with Crippen LogP contribution in [0.5, 0.6) is 11.5 Å². The fourth-order valence-corrected chi connectivity index (χ4v) is 3.37. The predicted molar refractivity (Wildman–Crippen MR) is 113 cm³/mol. The van der Waals surface area contributed by atoms with Crippen molar-refractivity contribution in [3.05, 3.63) is 63.5 Å². The van der Waals surface area contributed by atoms with Gasteiger partial charge in [-0.25, -0.2) is 4.98 Å². The summed E-state index contributed by atoms with van der Waals surface area (Å²) in [5.74, 6) is 0.645. The molecule has 9 heteroatoms. The van der Waals surface area contributed by atoms with Crippen molar-refractivity contribution in [2.24, 2.45) is 0 Å². The second kappa shape index (κ2) is 6.28. The van der Waals surface area contributed by atoms with Crippen LogP contribution in [0.15, 0.2) is 57.7 Å². The Morgan fingerprint density at radius 2 is 1.72 bits per heavy atom. The third-order valence-corrected chi connectivity index (χ3v) is 4.70. The minimum Gasteiger partial charge on any atom is -0.447 e. The van der Waals surface area contributed by atoms with E-state index in [0.717, 1.165) is 0 Å². The van der Waals surface area contributed by atoms with Crippen LogP contribution in [0.25, 0.3) is 33.5 Å². The van der Waals surface area contributed by atoms with Gasteiger partial charge in [-0.05, 0) is 24.4 Å². The number of aromatic nitrogens is 3. The van der Waals surface area contributed by atoms with Gasteiger partial charge in [-0.2, -0.15) is 4.98 Å². The topological polar surface area (TPSA) is 133 Å². The van der Waals surface area contributed by atoms with Gasteiger partial charge in [0.2, 0.25) is 21.7 Å². The molecule has 29 heavy (non-hydrogen) atoms. The summed E-state index contributed by atoms with van der Waals surface area (Å²) in [6.07, 6.45) is 0. The van der Waals surface area contributed by atoms with Gasteiger partial charge in [-0.15, -0.1) is 0 Å². The van der Waals surface area contributed by atoms with Crippen LogP contribution in [-0.4, -0.2) is 15.0 Å². The molecule has 3 aromatic rings. The lowest BCUT2D eigenvalue weighted by atomic mass is 10.0. The van der Waals surface area contributed by atoms with Crippen molar-refractivity contribution in [3.8, 4) is 23.0 Å². The Bertz CT molecular complexity index is 1510. The van der Waals surface area contributed by atoms with E-state index in [0.29, 0.717) is 33.4 Å². The molecule has 0 atom stereocenters. The number of anilines is 2. The predicted octanol–water partition coefficient (Wildman–Crippen LogP) is 3.86. The number of fused-ring (bicyclic) bond motifs is 4.